The zero-order valence-corrected chi connectivity index (χ0v) is 11.5. The molecule has 0 fully saturated rings. The molecule has 1 aromatic heterocycles. The Labute approximate surface area is 112 Å². The van der Waals surface area contributed by atoms with Crippen molar-refractivity contribution in [2.75, 3.05) is 6.54 Å². The molecule has 1 heterocycles. The van der Waals surface area contributed by atoms with Crippen LogP contribution in [0.15, 0.2) is 18.7 Å². The third-order valence-corrected chi connectivity index (χ3v) is 2.13. The molecular formula is C13H19N3O3. The molecule has 1 aromatic rings. The quantitative estimate of drug-likeness (QED) is 0.650. The summed E-state index contributed by atoms with van der Waals surface area (Å²) in [7, 11) is 0. The van der Waals surface area contributed by atoms with Crippen LogP contribution >= 0.6 is 0 Å². The molecule has 6 nitrogen and oxygen atoms in total. The van der Waals surface area contributed by atoms with Crippen LogP contribution in [0.2, 0.25) is 0 Å². The van der Waals surface area contributed by atoms with Crippen molar-refractivity contribution in [3.05, 3.63) is 24.3 Å². The number of alkyl carbamates (subject to hydrolysis) is 1. The highest BCUT2D eigenvalue weighted by Gasteiger charge is 2.15. The lowest BCUT2D eigenvalue weighted by Crippen LogP contribution is -2.33. The maximum atomic E-state index is 11.7. The van der Waals surface area contributed by atoms with Crippen molar-refractivity contribution < 1.29 is 14.3 Å². The predicted octanol–water partition coefficient (Wildman–Crippen LogP) is 1.96. The molecule has 0 spiro atoms. The molecule has 0 aliphatic heterocycles. The summed E-state index contributed by atoms with van der Waals surface area (Å²) in [5.74, 6) is -0.0356. The summed E-state index contributed by atoms with van der Waals surface area (Å²) >= 11 is 0. The first-order chi connectivity index (χ1) is 8.88. The highest BCUT2D eigenvalue weighted by atomic mass is 16.6. The Morgan fingerprint density at radius 3 is 2.47 bits per heavy atom. The fraction of sp³-hybridized carbons (Fsp3) is 0.538. The number of nitrogens with one attached hydrogen (secondary N) is 1. The lowest BCUT2D eigenvalue weighted by Gasteiger charge is -2.19. The number of hydrogen-bond acceptors (Lipinski definition) is 5. The number of hydrogen-bond donors (Lipinski definition) is 1. The van der Waals surface area contributed by atoms with E-state index in [1.54, 1.807) is 20.8 Å². The van der Waals surface area contributed by atoms with Gasteiger partial charge in [-0.05, 0) is 27.2 Å². The molecular weight excluding hydrogens is 246 g/mol. The molecule has 0 radical (unpaired) electrons. The van der Waals surface area contributed by atoms with Gasteiger partial charge in [-0.3, -0.25) is 4.79 Å². The number of carbonyl (C=O) groups is 2. The summed E-state index contributed by atoms with van der Waals surface area (Å²) < 4.78 is 5.07. The zero-order valence-electron chi connectivity index (χ0n) is 11.5. The average molecular weight is 265 g/mol. The molecule has 0 bridgehead atoms. The molecule has 1 amide bonds. The first-order valence-electron chi connectivity index (χ1n) is 6.13. The molecule has 1 rings (SSSR count). The Bertz CT molecular complexity index is 427. The number of ketones is 1. The van der Waals surface area contributed by atoms with Crippen molar-refractivity contribution in [3.8, 4) is 0 Å². The van der Waals surface area contributed by atoms with Crippen molar-refractivity contribution >= 4 is 11.9 Å². The minimum absolute atomic E-state index is 0.0356. The minimum Gasteiger partial charge on any atom is -0.444 e. The number of rotatable bonds is 5. The van der Waals surface area contributed by atoms with Crippen LogP contribution in [0.25, 0.3) is 0 Å². The van der Waals surface area contributed by atoms with Gasteiger partial charge in [0, 0.05) is 25.4 Å². The monoisotopic (exact) mass is 265 g/mol. The first kappa shape index (κ1) is 15.1. The fourth-order valence-electron chi connectivity index (χ4n) is 1.34. The van der Waals surface area contributed by atoms with Gasteiger partial charge >= 0.3 is 6.09 Å². The third kappa shape index (κ3) is 6.49. The van der Waals surface area contributed by atoms with E-state index in [1.165, 1.54) is 18.7 Å². The van der Waals surface area contributed by atoms with Gasteiger partial charge in [0.1, 0.15) is 11.9 Å². The number of aromatic nitrogens is 2. The Balaban J connectivity index is 2.21. The van der Waals surface area contributed by atoms with E-state index in [4.69, 9.17) is 4.74 Å². The van der Waals surface area contributed by atoms with Crippen LogP contribution in [0.1, 0.15) is 44.0 Å². The van der Waals surface area contributed by atoms with Crippen molar-refractivity contribution in [1.82, 2.24) is 15.3 Å². The van der Waals surface area contributed by atoms with Gasteiger partial charge < -0.3 is 10.1 Å². The Kier molecular flexibility index (Phi) is 5.41. The normalized spacial score (nSPS) is 10.9. The van der Waals surface area contributed by atoms with Gasteiger partial charge in [-0.25, -0.2) is 14.8 Å². The largest absolute Gasteiger partial charge is 0.444 e. The maximum absolute atomic E-state index is 11.7. The molecule has 6 heteroatoms. The van der Waals surface area contributed by atoms with Crippen molar-refractivity contribution in [1.29, 1.82) is 0 Å². The van der Waals surface area contributed by atoms with Crippen molar-refractivity contribution in [2.45, 2.75) is 39.2 Å². The van der Waals surface area contributed by atoms with Gasteiger partial charge in [-0.1, -0.05) is 0 Å². The second kappa shape index (κ2) is 6.82. The van der Waals surface area contributed by atoms with E-state index < -0.39 is 11.7 Å². The number of nitrogens with zero attached hydrogens (tertiary/aromatic N) is 2. The van der Waals surface area contributed by atoms with Crippen LogP contribution in [0.4, 0.5) is 4.79 Å². The molecule has 0 aliphatic rings. The van der Waals surface area contributed by atoms with Crippen LogP contribution in [0.3, 0.4) is 0 Å². The number of ether oxygens (including phenoxy) is 1. The molecule has 1 N–H and O–H groups in total. The van der Waals surface area contributed by atoms with E-state index >= 15 is 0 Å². The highest BCUT2D eigenvalue weighted by Crippen LogP contribution is 2.06. The van der Waals surface area contributed by atoms with Gasteiger partial charge in [0.05, 0.1) is 5.56 Å². The highest BCUT2D eigenvalue weighted by molar-refractivity contribution is 5.95. The summed E-state index contributed by atoms with van der Waals surface area (Å²) in [5, 5.41) is 2.60. The van der Waals surface area contributed by atoms with Gasteiger partial charge in [-0.15, -0.1) is 0 Å². The van der Waals surface area contributed by atoms with E-state index in [1.807, 2.05) is 0 Å². The van der Waals surface area contributed by atoms with Crippen molar-refractivity contribution in [3.63, 3.8) is 0 Å². The standard InChI is InChI=1S/C13H19N3O3/c1-13(2,3)19-12(18)16-6-4-5-11(17)10-7-14-9-15-8-10/h7-9H,4-6H2,1-3H3,(H,16,18). The molecule has 0 unspecified atom stereocenters. The average Bonchev–Trinajstić information content (AvgIpc) is 2.33. The molecule has 0 atom stereocenters. The van der Waals surface area contributed by atoms with E-state index in [0.29, 0.717) is 24.9 Å². The molecule has 104 valence electrons. The lowest BCUT2D eigenvalue weighted by atomic mass is 10.1. The Morgan fingerprint density at radius 2 is 1.89 bits per heavy atom. The van der Waals surface area contributed by atoms with Crippen LogP contribution in [-0.4, -0.2) is 34.0 Å². The van der Waals surface area contributed by atoms with E-state index in [9.17, 15) is 9.59 Å². The molecule has 0 aromatic carbocycles. The maximum Gasteiger partial charge on any atom is 0.407 e. The SMILES string of the molecule is CC(C)(C)OC(=O)NCCCC(=O)c1cncnc1. The predicted molar refractivity (Wildman–Crippen MR) is 69.8 cm³/mol. The van der Waals surface area contributed by atoms with E-state index in [-0.39, 0.29) is 5.78 Å². The Morgan fingerprint density at radius 1 is 1.26 bits per heavy atom. The lowest BCUT2D eigenvalue weighted by molar-refractivity contribution is 0.0525. The summed E-state index contributed by atoms with van der Waals surface area (Å²) in [6.07, 6.45) is 4.76. The van der Waals surface area contributed by atoms with Crippen molar-refractivity contribution in [2.24, 2.45) is 0 Å². The fourth-order valence-corrected chi connectivity index (χ4v) is 1.34. The summed E-state index contributed by atoms with van der Waals surface area (Å²) in [4.78, 5) is 30.6. The second-order valence-electron chi connectivity index (χ2n) is 5.08. The third-order valence-electron chi connectivity index (χ3n) is 2.13. The van der Waals surface area contributed by atoms with Gasteiger partial charge in [-0.2, -0.15) is 0 Å². The zero-order chi connectivity index (χ0) is 14.3. The van der Waals surface area contributed by atoms with Crippen LogP contribution in [-0.2, 0) is 4.74 Å². The second-order valence-corrected chi connectivity index (χ2v) is 5.08. The topological polar surface area (TPSA) is 81.2 Å². The number of amides is 1. The number of Topliss-reactive ketones (excluding diaryl/α,β-unsaturated/α-hetero) is 1. The summed E-state index contributed by atoms with van der Waals surface area (Å²) in [5.41, 5.74) is -0.0267. The summed E-state index contributed by atoms with van der Waals surface area (Å²) in [6.45, 7) is 5.79. The molecule has 0 aliphatic carbocycles. The van der Waals surface area contributed by atoms with E-state index in [2.05, 4.69) is 15.3 Å². The number of carbonyl (C=O) groups excluding carboxylic acids is 2. The van der Waals surface area contributed by atoms with Crippen LogP contribution < -0.4 is 5.32 Å². The molecule has 19 heavy (non-hydrogen) atoms. The molecule has 0 saturated heterocycles. The van der Waals surface area contributed by atoms with Crippen LogP contribution in [0, 0.1) is 0 Å². The smallest absolute Gasteiger partial charge is 0.407 e. The van der Waals surface area contributed by atoms with Crippen LogP contribution in [0.5, 0.6) is 0 Å². The van der Waals surface area contributed by atoms with E-state index in [0.717, 1.165) is 0 Å². The van der Waals surface area contributed by atoms with Gasteiger partial charge in [0.25, 0.3) is 0 Å². The minimum atomic E-state index is -0.513. The summed E-state index contributed by atoms with van der Waals surface area (Å²) in [6, 6.07) is 0. The Hall–Kier alpha value is -1.98. The first-order valence-corrected chi connectivity index (χ1v) is 6.13. The molecule has 0 saturated carbocycles. The van der Waals surface area contributed by atoms with Gasteiger partial charge in [0.2, 0.25) is 0 Å². The van der Waals surface area contributed by atoms with Gasteiger partial charge in [0.15, 0.2) is 5.78 Å².